The molecule has 35 heavy (non-hydrogen) atoms. The Labute approximate surface area is 218 Å². The van der Waals surface area contributed by atoms with Crippen LogP contribution in [-0.4, -0.2) is 5.78 Å². The molecule has 0 N–H and O–H groups in total. The van der Waals surface area contributed by atoms with E-state index in [4.69, 9.17) is 0 Å². The number of fused-ring (bicyclic) bond motifs is 5. The fourth-order valence-corrected chi connectivity index (χ4v) is 10.5. The normalized spacial score (nSPS) is 45.4. The molecule has 4 aliphatic carbocycles. The highest BCUT2D eigenvalue weighted by atomic mass is 16.1. The molecule has 0 saturated heterocycles. The summed E-state index contributed by atoms with van der Waals surface area (Å²) in [4.78, 5) is 13.7. The van der Waals surface area contributed by atoms with E-state index >= 15 is 0 Å². The van der Waals surface area contributed by atoms with Crippen molar-refractivity contribution in [3.63, 3.8) is 0 Å². The Bertz CT molecular complexity index is 849. The van der Waals surface area contributed by atoms with Gasteiger partial charge in [-0.2, -0.15) is 0 Å². The lowest BCUT2D eigenvalue weighted by atomic mass is 9.41. The maximum absolute atomic E-state index is 13.7. The van der Waals surface area contributed by atoms with Crippen LogP contribution in [0.25, 0.3) is 0 Å². The zero-order valence-electron chi connectivity index (χ0n) is 25.3. The van der Waals surface area contributed by atoms with Crippen LogP contribution in [0.2, 0.25) is 0 Å². The Morgan fingerprint density at radius 2 is 1.66 bits per heavy atom. The second-order valence-electron chi connectivity index (χ2n) is 15.8. The second kappa shape index (κ2) is 9.01. The fraction of sp³-hybridized carbons (Fsp3) is 0.912. The summed E-state index contributed by atoms with van der Waals surface area (Å²) >= 11 is 0. The van der Waals surface area contributed by atoms with Crippen molar-refractivity contribution in [2.24, 2.45) is 69.0 Å². The standard InChI is InChI=1S/C34H58O/c1-12-25(21(2)3)18-24(6)31(7,8)30-14-16-33(10)27-19-29(35)28-17-22(4)23(5)20-32(28,9)26(27)13-15-34(30,33)11/h19,21-26,28,30H,12-18,20H2,1-11H3/t22-,23+,24-,25-,26?,28+,30-,32-,33+,34-/m1/s1. The van der Waals surface area contributed by atoms with Gasteiger partial charge in [0, 0.05) is 5.92 Å². The smallest absolute Gasteiger partial charge is 0.159 e. The minimum atomic E-state index is 0.171. The number of carbonyl (C=O) groups excluding carboxylic acids is 1. The van der Waals surface area contributed by atoms with Crippen LogP contribution >= 0.6 is 0 Å². The van der Waals surface area contributed by atoms with E-state index in [1.807, 2.05) is 0 Å². The molecule has 0 bridgehead atoms. The number of rotatable bonds is 6. The van der Waals surface area contributed by atoms with E-state index in [0.29, 0.717) is 28.4 Å². The van der Waals surface area contributed by atoms with Crippen molar-refractivity contribution < 1.29 is 4.79 Å². The molecule has 0 amide bonds. The fourth-order valence-electron chi connectivity index (χ4n) is 10.5. The first-order chi connectivity index (χ1) is 16.1. The van der Waals surface area contributed by atoms with E-state index in [2.05, 4.69) is 82.2 Å². The van der Waals surface area contributed by atoms with Gasteiger partial charge in [0.1, 0.15) is 0 Å². The molecule has 0 aromatic rings. The van der Waals surface area contributed by atoms with Crippen LogP contribution in [0.5, 0.6) is 0 Å². The first-order valence-corrected chi connectivity index (χ1v) is 15.4. The molecule has 0 heterocycles. The predicted molar refractivity (Wildman–Crippen MR) is 150 cm³/mol. The van der Waals surface area contributed by atoms with Gasteiger partial charge in [-0.3, -0.25) is 4.79 Å². The quantitative estimate of drug-likeness (QED) is 0.368. The Kier molecular flexibility index (Phi) is 7.07. The first-order valence-electron chi connectivity index (χ1n) is 15.4. The highest BCUT2D eigenvalue weighted by Crippen LogP contribution is 2.74. The van der Waals surface area contributed by atoms with Crippen LogP contribution in [0, 0.1) is 69.0 Å². The van der Waals surface area contributed by atoms with E-state index in [-0.39, 0.29) is 16.7 Å². The molecule has 0 aliphatic heterocycles. The summed E-state index contributed by atoms with van der Waals surface area (Å²) in [6.07, 6.45) is 12.4. The Morgan fingerprint density at radius 3 is 2.26 bits per heavy atom. The number of carbonyl (C=O) groups is 1. The molecule has 0 aromatic heterocycles. The summed E-state index contributed by atoms with van der Waals surface area (Å²) in [5.74, 6) is 5.79. The van der Waals surface area contributed by atoms with E-state index in [0.717, 1.165) is 36.0 Å². The summed E-state index contributed by atoms with van der Waals surface area (Å²) in [7, 11) is 0. The molecule has 4 aliphatic rings. The van der Waals surface area contributed by atoms with E-state index in [9.17, 15) is 4.79 Å². The summed E-state index contributed by atoms with van der Waals surface area (Å²) < 4.78 is 0. The molecule has 1 heteroatoms. The molecule has 200 valence electrons. The third-order valence-electron chi connectivity index (χ3n) is 13.8. The molecule has 3 saturated carbocycles. The Balaban J connectivity index is 1.67. The van der Waals surface area contributed by atoms with Crippen LogP contribution < -0.4 is 0 Å². The second-order valence-corrected chi connectivity index (χ2v) is 15.8. The van der Waals surface area contributed by atoms with Gasteiger partial charge in [0.25, 0.3) is 0 Å². The van der Waals surface area contributed by atoms with E-state index in [1.165, 1.54) is 44.9 Å². The molecule has 4 rings (SSSR count). The van der Waals surface area contributed by atoms with Crippen LogP contribution in [0.4, 0.5) is 0 Å². The van der Waals surface area contributed by atoms with Gasteiger partial charge in [-0.25, -0.2) is 0 Å². The zero-order valence-corrected chi connectivity index (χ0v) is 25.3. The molecule has 0 radical (unpaired) electrons. The molecule has 1 unspecified atom stereocenters. The van der Waals surface area contributed by atoms with Gasteiger partial charge in [0.05, 0.1) is 0 Å². The predicted octanol–water partition coefficient (Wildman–Crippen LogP) is 9.75. The number of hydrogen-bond donors (Lipinski definition) is 0. The largest absolute Gasteiger partial charge is 0.295 e. The summed E-state index contributed by atoms with van der Waals surface area (Å²) in [6, 6.07) is 0. The lowest BCUT2D eigenvalue weighted by molar-refractivity contribution is -0.134. The average molecular weight is 483 g/mol. The topological polar surface area (TPSA) is 17.1 Å². The van der Waals surface area contributed by atoms with Crippen molar-refractivity contribution in [2.75, 3.05) is 0 Å². The highest BCUT2D eigenvalue weighted by molar-refractivity contribution is 5.94. The van der Waals surface area contributed by atoms with E-state index < -0.39 is 0 Å². The Morgan fingerprint density at radius 1 is 1.00 bits per heavy atom. The van der Waals surface area contributed by atoms with Gasteiger partial charge in [0.15, 0.2) is 5.78 Å². The number of hydrogen-bond acceptors (Lipinski definition) is 1. The first kappa shape index (κ1) is 27.4. The molecular weight excluding hydrogens is 424 g/mol. The lowest BCUT2D eigenvalue weighted by Crippen LogP contribution is -2.56. The van der Waals surface area contributed by atoms with E-state index in [1.54, 1.807) is 5.57 Å². The lowest BCUT2D eigenvalue weighted by Gasteiger charge is -2.62. The van der Waals surface area contributed by atoms with Crippen molar-refractivity contribution >= 4 is 5.78 Å². The SMILES string of the molecule is CC[C@H](C[C@@H](C)C(C)(C)[C@H]1CC[C@@]2(C)C3=CC(=O)[C@@H]4C[C@@H](C)[C@@H](C)C[C@]4(C)C3CC[C@]12C)C(C)C. The molecule has 10 atom stereocenters. The average Bonchev–Trinajstić information content (AvgIpc) is 3.05. The molecule has 0 spiro atoms. The minimum Gasteiger partial charge on any atom is -0.295 e. The third kappa shape index (κ3) is 3.94. The zero-order chi connectivity index (χ0) is 26.1. The van der Waals surface area contributed by atoms with Gasteiger partial charge in [-0.05, 0) is 114 Å². The van der Waals surface area contributed by atoms with Gasteiger partial charge in [-0.1, -0.05) is 88.2 Å². The van der Waals surface area contributed by atoms with Gasteiger partial charge in [0.2, 0.25) is 0 Å². The van der Waals surface area contributed by atoms with Crippen LogP contribution in [0.1, 0.15) is 128 Å². The van der Waals surface area contributed by atoms with Crippen molar-refractivity contribution in [1.29, 1.82) is 0 Å². The number of ketones is 1. The monoisotopic (exact) mass is 482 g/mol. The van der Waals surface area contributed by atoms with Gasteiger partial charge in [-0.15, -0.1) is 0 Å². The maximum Gasteiger partial charge on any atom is 0.159 e. The van der Waals surface area contributed by atoms with Crippen molar-refractivity contribution in [2.45, 2.75) is 128 Å². The highest BCUT2D eigenvalue weighted by Gasteiger charge is 2.66. The maximum atomic E-state index is 13.7. The summed E-state index contributed by atoms with van der Waals surface area (Å²) in [6.45, 7) is 27.5. The van der Waals surface area contributed by atoms with Crippen molar-refractivity contribution in [3.05, 3.63) is 11.6 Å². The van der Waals surface area contributed by atoms with Crippen molar-refractivity contribution in [1.82, 2.24) is 0 Å². The molecular formula is C34H58O. The molecule has 1 nitrogen and oxygen atoms in total. The summed E-state index contributed by atoms with van der Waals surface area (Å²) in [5.41, 5.74) is 2.54. The minimum absolute atomic E-state index is 0.171. The molecule has 3 fully saturated rings. The van der Waals surface area contributed by atoms with Gasteiger partial charge < -0.3 is 0 Å². The number of allylic oxidation sites excluding steroid dienone is 2. The van der Waals surface area contributed by atoms with Crippen LogP contribution in [-0.2, 0) is 4.79 Å². The molecule has 0 aromatic carbocycles. The Hall–Kier alpha value is -0.590. The third-order valence-corrected chi connectivity index (χ3v) is 13.8. The van der Waals surface area contributed by atoms with Gasteiger partial charge >= 0.3 is 0 Å². The summed E-state index contributed by atoms with van der Waals surface area (Å²) in [5, 5.41) is 0. The van der Waals surface area contributed by atoms with Crippen LogP contribution in [0.3, 0.4) is 0 Å². The van der Waals surface area contributed by atoms with Crippen LogP contribution in [0.15, 0.2) is 11.6 Å². The van der Waals surface area contributed by atoms with Crippen molar-refractivity contribution in [3.8, 4) is 0 Å².